The van der Waals surface area contributed by atoms with E-state index in [1.165, 1.54) is 0 Å². The molecule has 6 nitrogen and oxygen atoms in total. The van der Waals surface area contributed by atoms with Gasteiger partial charge in [0.1, 0.15) is 5.75 Å². The van der Waals surface area contributed by atoms with E-state index in [0.717, 1.165) is 0 Å². The van der Waals surface area contributed by atoms with Gasteiger partial charge in [-0.15, -0.1) is 0 Å². The van der Waals surface area contributed by atoms with E-state index in [4.69, 9.17) is 15.2 Å². The number of nitrogens with zero attached hydrogens (tertiary/aromatic N) is 1. The summed E-state index contributed by atoms with van der Waals surface area (Å²) >= 11 is 0. The number of aliphatic hydroxyl groups excluding tert-OH is 1. The van der Waals surface area contributed by atoms with E-state index < -0.39 is 0 Å². The zero-order chi connectivity index (χ0) is 15.4. The molecule has 1 amide bonds. The number of hydrogen-bond acceptors (Lipinski definition) is 5. The van der Waals surface area contributed by atoms with Gasteiger partial charge in [0.15, 0.2) is 0 Å². The van der Waals surface area contributed by atoms with Gasteiger partial charge >= 0.3 is 0 Å². The molecule has 21 heavy (non-hydrogen) atoms. The van der Waals surface area contributed by atoms with Gasteiger partial charge in [0, 0.05) is 18.7 Å². The standard InChI is InChI=1S/C15H22N2O4/c1-3-20-14-5-4-11(6-13(14)16)15(19)17-7-10(2)21-12(8-17)9-18/h4-6,10,12,18H,3,7-9,16H2,1-2H3. The predicted molar refractivity (Wildman–Crippen MR) is 79.3 cm³/mol. The number of ether oxygens (including phenoxy) is 2. The summed E-state index contributed by atoms with van der Waals surface area (Å²) in [6.45, 7) is 5.07. The second kappa shape index (κ2) is 6.78. The Morgan fingerprint density at radius 1 is 1.52 bits per heavy atom. The van der Waals surface area contributed by atoms with Gasteiger partial charge in [-0.1, -0.05) is 0 Å². The van der Waals surface area contributed by atoms with Crippen molar-refractivity contribution in [2.75, 3.05) is 32.0 Å². The van der Waals surface area contributed by atoms with Crippen LogP contribution in [-0.4, -0.2) is 54.4 Å². The minimum absolute atomic E-state index is 0.0973. The van der Waals surface area contributed by atoms with Crippen LogP contribution in [0.2, 0.25) is 0 Å². The number of morpholine rings is 1. The minimum Gasteiger partial charge on any atom is -0.492 e. The van der Waals surface area contributed by atoms with Gasteiger partial charge in [-0.05, 0) is 32.0 Å². The molecule has 0 aliphatic carbocycles. The molecule has 1 heterocycles. The fraction of sp³-hybridized carbons (Fsp3) is 0.533. The lowest BCUT2D eigenvalue weighted by Crippen LogP contribution is -2.50. The summed E-state index contributed by atoms with van der Waals surface area (Å²) in [4.78, 5) is 14.2. The Bertz CT molecular complexity index is 506. The van der Waals surface area contributed by atoms with Crippen LogP contribution < -0.4 is 10.5 Å². The highest BCUT2D eigenvalue weighted by molar-refractivity contribution is 5.95. The number of nitrogens with two attached hydrogens (primary N) is 1. The molecule has 3 N–H and O–H groups in total. The second-order valence-electron chi connectivity index (χ2n) is 5.15. The number of benzene rings is 1. The highest BCUT2D eigenvalue weighted by Crippen LogP contribution is 2.24. The topological polar surface area (TPSA) is 85.0 Å². The Hall–Kier alpha value is -1.79. The largest absolute Gasteiger partial charge is 0.492 e. The van der Waals surface area contributed by atoms with E-state index in [9.17, 15) is 9.90 Å². The van der Waals surface area contributed by atoms with Gasteiger partial charge in [0.25, 0.3) is 5.91 Å². The van der Waals surface area contributed by atoms with Crippen molar-refractivity contribution in [2.45, 2.75) is 26.1 Å². The first kappa shape index (κ1) is 15.6. The van der Waals surface area contributed by atoms with Crippen LogP contribution in [0.25, 0.3) is 0 Å². The van der Waals surface area contributed by atoms with Crippen molar-refractivity contribution < 1.29 is 19.4 Å². The van der Waals surface area contributed by atoms with Crippen LogP contribution in [0.4, 0.5) is 5.69 Å². The number of carbonyl (C=O) groups is 1. The van der Waals surface area contributed by atoms with E-state index in [0.29, 0.717) is 36.7 Å². The average Bonchev–Trinajstić information content (AvgIpc) is 2.48. The fourth-order valence-corrected chi connectivity index (χ4v) is 2.46. The van der Waals surface area contributed by atoms with E-state index >= 15 is 0 Å². The summed E-state index contributed by atoms with van der Waals surface area (Å²) in [6, 6.07) is 5.04. The van der Waals surface area contributed by atoms with Crippen molar-refractivity contribution in [2.24, 2.45) is 0 Å². The highest BCUT2D eigenvalue weighted by atomic mass is 16.5. The molecule has 6 heteroatoms. The monoisotopic (exact) mass is 294 g/mol. The molecular formula is C15H22N2O4. The normalized spacial score (nSPS) is 22.1. The third-order valence-electron chi connectivity index (χ3n) is 3.37. The Labute approximate surface area is 124 Å². The molecule has 1 aromatic carbocycles. The SMILES string of the molecule is CCOc1ccc(C(=O)N2CC(C)OC(CO)C2)cc1N. The summed E-state index contributed by atoms with van der Waals surface area (Å²) < 4.78 is 10.9. The van der Waals surface area contributed by atoms with Crippen LogP contribution in [-0.2, 0) is 4.74 Å². The quantitative estimate of drug-likeness (QED) is 0.806. The molecule has 0 bridgehead atoms. The Morgan fingerprint density at radius 3 is 2.90 bits per heavy atom. The minimum atomic E-state index is -0.335. The molecule has 1 saturated heterocycles. The summed E-state index contributed by atoms with van der Waals surface area (Å²) in [7, 11) is 0. The zero-order valence-corrected chi connectivity index (χ0v) is 12.4. The second-order valence-corrected chi connectivity index (χ2v) is 5.15. The van der Waals surface area contributed by atoms with Gasteiger partial charge in [0.2, 0.25) is 0 Å². The summed E-state index contributed by atoms with van der Waals surface area (Å²) in [5.41, 5.74) is 6.86. The molecule has 2 unspecified atom stereocenters. The lowest BCUT2D eigenvalue weighted by molar-refractivity contribution is -0.0858. The lowest BCUT2D eigenvalue weighted by atomic mass is 10.1. The molecule has 0 aromatic heterocycles. The first-order chi connectivity index (χ1) is 10.0. The smallest absolute Gasteiger partial charge is 0.254 e. The van der Waals surface area contributed by atoms with Crippen LogP contribution in [0, 0.1) is 0 Å². The Morgan fingerprint density at radius 2 is 2.29 bits per heavy atom. The number of aliphatic hydroxyl groups is 1. The molecule has 1 aliphatic rings. The van der Waals surface area contributed by atoms with E-state index in [1.54, 1.807) is 23.1 Å². The van der Waals surface area contributed by atoms with Crippen molar-refractivity contribution in [3.63, 3.8) is 0 Å². The molecule has 2 rings (SSSR count). The van der Waals surface area contributed by atoms with Crippen LogP contribution in [0.5, 0.6) is 5.75 Å². The number of amides is 1. The molecule has 0 radical (unpaired) electrons. The number of rotatable bonds is 4. The summed E-state index contributed by atoms with van der Waals surface area (Å²) in [6.07, 6.45) is -0.433. The molecule has 1 fully saturated rings. The number of anilines is 1. The molecular weight excluding hydrogens is 272 g/mol. The van der Waals surface area contributed by atoms with Crippen molar-refractivity contribution in [1.82, 2.24) is 4.90 Å². The van der Waals surface area contributed by atoms with E-state index in [2.05, 4.69) is 0 Å². The van der Waals surface area contributed by atoms with Gasteiger partial charge < -0.3 is 25.2 Å². The van der Waals surface area contributed by atoms with Crippen molar-refractivity contribution in [1.29, 1.82) is 0 Å². The molecule has 116 valence electrons. The van der Waals surface area contributed by atoms with Gasteiger partial charge in [-0.3, -0.25) is 4.79 Å². The molecule has 2 atom stereocenters. The maximum absolute atomic E-state index is 12.5. The third kappa shape index (κ3) is 3.65. The number of nitrogen functional groups attached to an aromatic ring is 1. The van der Waals surface area contributed by atoms with Crippen LogP contribution in [0.1, 0.15) is 24.2 Å². The Kier molecular flexibility index (Phi) is 5.03. The van der Waals surface area contributed by atoms with Gasteiger partial charge in [-0.2, -0.15) is 0 Å². The Balaban J connectivity index is 2.13. The average molecular weight is 294 g/mol. The van der Waals surface area contributed by atoms with Crippen molar-refractivity contribution >= 4 is 11.6 Å². The van der Waals surface area contributed by atoms with E-state index in [-0.39, 0.29) is 24.7 Å². The van der Waals surface area contributed by atoms with Crippen LogP contribution in [0.3, 0.4) is 0 Å². The van der Waals surface area contributed by atoms with E-state index in [1.807, 2.05) is 13.8 Å². The number of hydrogen-bond donors (Lipinski definition) is 2. The third-order valence-corrected chi connectivity index (χ3v) is 3.37. The van der Waals surface area contributed by atoms with Gasteiger partial charge in [-0.25, -0.2) is 0 Å². The highest BCUT2D eigenvalue weighted by Gasteiger charge is 2.28. The summed E-state index contributed by atoms with van der Waals surface area (Å²) in [5.74, 6) is 0.468. The lowest BCUT2D eigenvalue weighted by Gasteiger charge is -2.36. The van der Waals surface area contributed by atoms with Gasteiger partial charge in [0.05, 0.1) is 31.1 Å². The number of carbonyl (C=O) groups excluding carboxylic acids is 1. The zero-order valence-electron chi connectivity index (χ0n) is 12.4. The van der Waals surface area contributed by atoms with Crippen molar-refractivity contribution in [3.05, 3.63) is 23.8 Å². The summed E-state index contributed by atoms with van der Waals surface area (Å²) in [5, 5.41) is 9.22. The first-order valence-electron chi connectivity index (χ1n) is 7.13. The van der Waals surface area contributed by atoms with Crippen molar-refractivity contribution in [3.8, 4) is 5.75 Å². The molecule has 0 spiro atoms. The van der Waals surface area contributed by atoms with Crippen LogP contribution >= 0.6 is 0 Å². The van der Waals surface area contributed by atoms with Crippen LogP contribution in [0.15, 0.2) is 18.2 Å². The maximum atomic E-state index is 12.5. The molecule has 1 aliphatic heterocycles. The molecule has 1 aromatic rings. The maximum Gasteiger partial charge on any atom is 0.254 e. The first-order valence-corrected chi connectivity index (χ1v) is 7.13. The molecule has 0 saturated carbocycles. The fourth-order valence-electron chi connectivity index (χ4n) is 2.46. The predicted octanol–water partition coefficient (Wildman–Crippen LogP) is 0.889.